The molecule has 4 heteroatoms. The first-order chi connectivity index (χ1) is 8.83. The molecule has 2 fully saturated rings. The highest BCUT2D eigenvalue weighted by Gasteiger charge is 2.58. The number of allylic oxidation sites excluding steroid dienone is 1. The van der Waals surface area contributed by atoms with Crippen LogP contribution in [0.5, 0.6) is 0 Å². The Kier molecular flexibility index (Phi) is 2.81. The fourth-order valence-electron chi connectivity index (χ4n) is 4.38. The third kappa shape index (κ3) is 1.77. The number of aliphatic hydroxyl groups excluding tert-OH is 1. The molecule has 0 aromatic rings. The van der Waals surface area contributed by atoms with Gasteiger partial charge in [0, 0.05) is 24.2 Å². The van der Waals surface area contributed by atoms with Crippen LogP contribution in [0.15, 0.2) is 11.6 Å². The molecule has 1 saturated heterocycles. The minimum Gasteiger partial charge on any atom is -0.461 e. The zero-order valence-electron chi connectivity index (χ0n) is 11.7. The zero-order valence-corrected chi connectivity index (χ0v) is 11.7. The average Bonchev–Trinajstić information content (AvgIpc) is 2.78. The van der Waals surface area contributed by atoms with Crippen LogP contribution >= 0.6 is 0 Å². The van der Waals surface area contributed by atoms with Gasteiger partial charge in [-0.05, 0) is 20.3 Å². The molecule has 0 amide bonds. The first-order valence-corrected chi connectivity index (χ1v) is 7.10. The lowest BCUT2D eigenvalue weighted by atomic mass is 9.76. The van der Waals surface area contributed by atoms with Crippen molar-refractivity contribution in [2.75, 3.05) is 0 Å². The summed E-state index contributed by atoms with van der Waals surface area (Å²) >= 11 is 0. The van der Waals surface area contributed by atoms with Crippen LogP contribution in [0.4, 0.5) is 0 Å². The van der Waals surface area contributed by atoms with Crippen LogP contribution in [0.1, 0.15) is 33.6 Å². The van der Waals surface area contributed by atoms with E-state index in [1.165, 1.54) is 5.57 Å². The highest BCUT2D eigenvalue weighted by Crippen LogP contribution is 2.52. The van der Waals surface area contributed by atoms with Crippen LogP contribution < -0.4 is 0 Å². The lowest BCUT2D eigenvalue weighted by Gasteiger charge is -2.34. The molecule has 0 bridgehead atoms. The zero-order chi connectivity index (χ0) is 13.9. The molecule has 3 rings (SSSR count). The van der Waals surface area contributed by atoms with Gasteiger partial charge < -0.3 is 14.9 Å². The van der Waals surface area contributed by atoms with E-state index < -0.39 is 11.7 Å². The lowest BCUT2D eigenvalue weighted by Crippen LogP contribution is -2.40. The fourth-order valence-corrected chi connectivity index (χ4v) is 4.38. The third-order valence-corrected chi connectivity index (χ3v) is 5.45. The summed E-state index contributed by atoms with van der Waals surface area (Å²) in [6.07, 6.45) is 2.29. The molecular weight excluding hydrogens is 244 g/mol. The van der Waals surface area contributed by atoms with Crippen molar-refractivity contribution in [3.63, 3.8) is 0 Å². The largest absolute Gasteiger partial charge is 0.461 e. The van der Waals surface area contributed by atoms with Crippen LogP contribution in [0.3, 0.4) is 0 Å². The summed E-state index contributed by atoms with van der Waals surface area (Å²) in [6, 6.07) is 0. The maximum absolute atomic E-state index is 11.8. The van der Waals surface area contributed by atoms with Crippen molar-refractivity contribution in [2.24, 2.45) is 23.7 Å². The van der Waals surface area contributed by atoms with Crippen LogP contribution in [-0.4, -0.2) is 34.0 Å². The molecule has 106 valence electrons. The van der Waals surface area contributed by atoms with Crippen molar-refractivity contribution in [1.82, 2.24) is 0 Å². The van der Waals surface area contributed by atoms with Gasteiger partial charge in [-0.1, -0.05) is 18.6 Å². The van der Waals surface area contributed by atoms with E-state index in [1.807, 2.05) is 13.8 Å². The predicted octanol–water partition coefficient (Wildman–Crippen LogP) is 1.26. The van der Waals surface area contributed by atoms with Crippen LogP contribution in [-0.2, 0) is 9.53 Å². The number of carbonyl (C=O) groups is 1. The summed E-state index contributed by atoms with van der Waals surface area (Å²) < 4.78 is 5.55. The third-order valence-electron chi connectivity index (χ3n) is 5.45. The van der Waals surface area contributed by atoms with Crippen molar-refractivity contribution in [1.29, 1.82) is 0 Å². The van der Waals surface area contributed by atoms with Gasteiger partial charge in [-0.2, -0.15) is 0 Å². The standard InChI is InChI=1S/C15H22O4/c1-7-4-5-9-11(7)13-12(8(2)14(17)19-13)10(16)6-15(9,3)18/h4,8-13,16,18H,5-6H2,1-3H3/t8-,9+,10+,11-,12+,13+,15+/m0/s1. The molecular formula is C15H22O4. The van der Waals surface area contributed by atoms with Gasteiger partial charge in [0.25, 0.3) is 0 Å². The Morgan fingerprint density at radius 1 is 1.47 bits per heavy atom. The number of aliphatic hydroxyl groups is 2. The number of carbonyl (C=O) groups excluding carboxylic acids is 1. The van der Waals surface area contributed by atoms with Crippen LogP contribution in [0.25, 0.3) is 0 Å². The lowest BCUT2D eigenvalue weighted by molar-refractivity contribution is -0.146. The smallest absolute Gasteiger partial charge is 0.309 e. The summed E-state index contributed by atoms with van der Waals surface area (Å²) in [6.45, 7) is 5.65. The molecule has 0 radical (unpaired) electrons. The van der Waals surface area contributed by atoms with Gasteiger partial charge in [-0.3, -0.25) is 4.79 Å². The number of hydrogen-bond donors (Lipinski definition) is 2. The van der Waals surface area contributed by atoms with Crippen LogP contribution in [0, 0.1) is 23.7 Å². The number of fused-ring (bicyclic) bond motifs is 3. The topological polar surface area (TPSA) is 66.8 Å². The molecule has 2 aliphatic carbocycles. The second-order valence-electron chi connectivity index (χ2n) is 6.71. The first-order valence-electron chi connectivity index (χ1n) is 7.10. The van der Waals surface area contributed by atoms with E-state index in [2.05, 4.69) is 6.08 Å². The Bertz CT molecular complexity index is 439. The summed E-state index contributed by atoms with van der Waals surface area (Å²) in [5, 5.41) is 21.1. The molecule has 0 aromatic heterocycles. The monoisotopic (exact) mass is 266 g/mol. The maximum Gasteiger partial charge on any atom is 0.309 e. The van der Waals surface area contributed by atoms with Crippen molar-refractivity contribution >= 4 is 5.97 Å². The normalized spacial score (nSPS) is 53.1. The first kappa shape index (κ1) is 13.1. The quantitative estimate of drug-likeness (QED) is 0.512. The Balaban J connectivity index is 2.04. The highest BCUT2D eigenvalue weighted by molar-refractivity contribution is 5.75. The van der Waals surface area contributed by atoms with Gasteiger partial charge in [-0.25, -0.2) is 0 Å². The maximum atomic E-state index is 11.8. The van der Waals surface area contributed by atoms with Gasteiger partial charge in [-0.15, -0.1) is 0 Å². The fraction of sp³-hybridized carbons (Fsp3) is 0.800. The van der Waals surface area contributed by atoms with Gasteiger partial charge >= 0.3 is 5.97 Å². The second kappa shape index (κ2) is 4.06. The number of ether oxygens (including phenoxy) is 1. The van der Waals surface area contributed by atoms with E-state index in [0.717, 1.165) is 6.42 Å². The van der Waals surface area contributed by atoms with Gasteiger partial charge in [0.05, 0.1) is 17.6 Å². The molecule has 1 heterocycles. The average molecular weight is 266 g/mol. The molecule has 1 aliphatic heterocycles. The summed E-state index contributed by atoms with van der Waals surface area (Å²) in [4.78, 5) is 11.8. The van der Waals surface area contributed by atoms with E-state index in [1.54, 1.807) is 6.92 Å². The molecule has 4 nitrogen and oxygen atoms in total. The van der Waals surface area contributed by atoms with E-state index in [-0.39, 0.29) is 35.7 Å². The highest BCUT2D eigenvalue weighted by atomic mass is 16.6. The number of rotatable bonds is 0. The Hall–Kier alpha value is -0.870. The molecule has 0 unspecified atom stereocenters. The minimum absolute atomic E-state index is 0.0373. The van der Waals surface area contributed by atoms with Crippen molar-refractivity contribution < 1.29 is 19.7 Å². The molecule has 2 N–H and O–H groups in total. The Morgan fingerprint density at radius 2 is 2.16 bits per heavy atom. The van der Waals surface area contributed by atoms with Crippen molar-refractivity contribution in [3.8, 4) is 0 Å². The van der Waals surface area contributed by atoms with Crippen molar-refractivity contribution in [2.45, 2.75) is 51.4 Å². The molecule has 7 atom stereocenters. The summed E-state index contributed by atoms with van der Waals surface area (Å²) in [5.74, 6) is -0.617. The predicted molar refractivity (Wildman–Crippen MR) is 69.1 cm³/mol. The van der Waals surface area contributed by atoms with E-state index in [9.17, 15) is 15.0 Å². The van der Waals surface area contributed by atoms with E-state index in [0.29, 0.717) is 6.42 Å². The Morgan fingerprint density at radius 3 is 2.84 bits per heavy atom. The summed E-state index contributed by atoms with van der Waals surface area (Å²) in [7, 11) is 0. The number of esters is 1. The number of hydrogen-bond acceptors (Lipinski definition) is 4. The van der Waals surface area contributed by atoms with E-state index >= 15 is 0 Å². The minimum atomic E-state index is -0.908. The molecule has 19 heavy (non-hydrogen) atoms. The molecule has 1 saturated carbocycles. The molecule has 0 spiro atoms. The van der Waals surface area contributed by atoms with Gasteiger partial charge in [0.15, 0.2) is 0 Å². The van der Waals surface area contributed by atoms with Gasteiger partial charge in [0.2, 0.25) is 0 Å². The molecule has 0 aromatic carbocycles. The molecule has 3 aliphatic rings. The summed E-state index contributed by atoms with van der Waals surface area (Å²) in [5.41, 5.74) is 0.269. The Labute approximate surface area is 113 Å². The van der Waals surface area contributed by atoms with Gasteiger partial charge in [0.1, 0.15) is 6.10 Å². The SMILES string of the molecule is CC1=CC[C@@H]2[C@H]1[C@H]1OC(=O)[C@@H](C)[C@@H]1[C@H](O)C[C@@]2(C)O. The van der Waals surface area contributed by atoms with E-state index in [4.69, 9.17) is 4.74 Å². The second-order valence-corrected chi connectivity index (χ2v) is 6.71. The van der Waals surface area contributed by atoms with Crippen LogP contribution in [0.2, 0.25) is 0 Å². The van der Waals surface area contributed by atoms with Crippen molar-refractivity contribution in [3.05, 3.63) is 11.6 Å².